The summed E-state index contributed by atoms with van der Waals surface area (Å²) < 4.78 is 1.18. The lowest BCUT2D eigenvalue weighted by Gasteiger charge is -2.21. The lowest BCUT2D eigenvalue weighted by molar-refractivity contribution is 0.391. The van der Waals surface area contributed by atoms with Gasteiger partial charge in [0.05, 0.1) is 0 Å². The van der Waals surface area contributed by atoms with E-state index >= 15 is 0 Å². The molecule has 1 aliphatic carbocycles. The van der Waals surface area contributed by atoms with Gasteiger partial charge in [-0.15, -0.1) is 23.5 Å². The first-order valence-corrected chi connectivity index (χ1v) is 9.83. The number of rotatable bonds is 7. The van der Waals surface area contributed by atoms with Gasteiger partial charge >= 0.3 is 0 Å². The second kappa shape index (κ2) is 10.6. The fourth-order valence-corrected chi connectivity index (χ4v) is 5.46. The normalized spacial score (nSPS) is 18.8. The largest absolute Gasteiger partial charge is 0.108 e. The van der Waals surface area contributed by atoms with Crippen LogP contribution in [0.5, 0.6) is 0 Å². The quantitative estimate of drug-likeness (QED) is 0.401. The van der Waals surface area contributed by atoms with E-state index in [1.807, 2.05) is 23.5 Å². The summed E-state index contributed by atoms with van der Waals surface area (Å²) in [5.74, 6) is 2.21. The third-order valence-electron chi connectivity index (χ3n) is 3.67. The van der Waals surface area contributed by atoms with E-state index in [4.69, 9.17) is 12.2 Å². The summed E-state index contributed by atoms with van der Waals surface area (Å²) >= 11 is 9.38. The van der Waals surface area contributed by atoms with Gasteiger partial charge in [0.25, 0.3) is 0 Å². The van der Waals surface area contributed by atoms with Crippen LogP contribution in [0.25, 0.3) is 0 Å². The highest BCUT2D eigenvalue weighted by molar-refractivity contribution is 8.47. The Bertz CT molecular complexity index is 222. The van der Waals surface area contributed by atoms with Gasteiger partial charge in [0, 0.05) is 11.0 Å². The van der Waals surface area contributed by atoms with Gasteiger partial charge in [0.1, 0.15) is 3.53 Å². The highest BCUT2D eigenvalue weighted by Crippen LogP contribution is 2.31. The summed E-state index contributed by atoms with van der Waals surface area (Å²) in [4.78, 5) is 0. The molecule has 0 heterocycles. The molecule has 0 amide bonds. The summed E-state index contributed by atoms with van der Waals surface area (Å²) in [5.41, 5.74) is 0. The molecule has 0 spiro atoms. The van der Waals surface area contributed by atoms with E-state index in [1.165, 1.54) is 67.1 Å². The molecule has 0 aromatic carbocycles. The molecule has 0 N–H and O–H groups in total. The molecule has 3 heteroatoms. The Balaban J connectivity index is 2.05. The van der Waals surface area contributed by atoms with E-state index in [1.54, 1.807) is 0 Å². The molecule has 1 unspecified atom stereocenters. The Kier molecular flexibility index (Phi) is 9.88. The van der Waals surface area contributed by atoms with Crippen LogP contribution in [-0.2, 0) is 0 Å². The zero-order valence-electron chi connectivity index (χ0n) is 12.0. The lowest BCUT2D eigenvalue weighted by Crippen LogP contribution is -2.09. The van der Waals surface area contributed by atoms with E-state index in [9.17, 15) is 0 Å². The Morgan fingerprint density at radius 2 is 1.94 bits per heavy atom. The Hall–Kier alpha value is 0.790. The molecular formula is C15H28S3. The number of thiocarbonyl (C=S) groups is 1. The molecule has 18 heavy (non-hydrogen) atoms. The summed E-state index contributed by atoms with van der Waals surface area (Å²) in [6.45, 7) is 4.59. The Morgan fingerprint density at radius 1 is 1.22 bits per heavy atom. The van der Waals surface area contributed by atoms with Gasteiger partial charge in [-0.2, -0.15) is 0 Å². The maximum atomic E-state index is 5.50. The number of unbranched alkanes of at least 4 members (excludes halogenated alkanes) is 2. The first kappa shape index (κ1) is 16.8. The van der Waals surface area contributed by atoms with E-state index < -0.39 is 0 Å². The van der Waals surface area contributed by atoms with Crippen LogP contribution in [-0.4, -0.2) is 14.5 Å². The van der Waals surface area contributed by atoms with Crippen LogP contribution in [0.1, 0.15) is 71.6 Å². The summed E-state index contributed by atoms with van der Waals surface area (Å²) in [7, 11) is 0. The van der Waals surface area contributed by atoms with Crippen molar-refractivity contribution in [2.45, 2.75) is 76.9 Å². The molecule has 0 nitrogen and oxygen atoms in total. The Labute approximate surface area is 127 Å². The minimum Gasteiger partial charge on any atom is -0.108 e. The standard InChI is InChI=1S/C15H28S3/c1-3-4-6-9-13(2)18-15(16)17-12-14-10-7-5-8-11-14/h13-14H,3-12H2,1-2H3. The molecule has 0 aromatic heterocycles. The van der Waals surface area contributed by atoms with Gasteiger partial charge in [-0.05, 0) is 25.2 Å². The maximum Gasteiger partial charge on any atom is 0.104 e. The van der Waals surface area contributed by atoms with Crippen molar-refractivity contribution in [3.8, 4) is 0 Å². The molecule has 0 radical (unpaired) electrons. The third-order valence-corrected chi connectivity index (χ3v) is 6.66. The first-order chi connectivity index (χ1) is 8.72. The fourth-order valence-electron chi connectivity index (χ4n) is 2.48. The van der Waals surface area contributed by atoms with Crippen molar-refractivity contribution < 1.29 is 0 Å². The zero-order valence-corrected chi connectivity index (χ0v) is 14.4. The van der Waals surface area contributed by atoms with Crippen molar-refractivity contribution in [2.24, 2.45) is 5.92 Å². The summed E-state index contributed by atoms with van der Waals surface area (Å²) in [5, 5.41) is 0.711. The SMILES string of the molecule is CCCCCC(C)SC(=S)SCC1CCCCC1. The topological polar surface area (TPSA) is 0 Å². The Morgan fingerprint density at radius 3 is 2.61 bits per heavy atom. The molecule has 1 fully saturated rings. The molecule has 1 saturated carbocycles. The molecule has 0 aliphatic heterocycles. The van der Waals surface area contributed by atoms with Crippen LogP contribution >= 0.6 is 35.7 Å². The van der Waals surface area contributed by atoms with Crippen molar-refractivity contribution in [3.63, 3.8) is 0 Å². The molecule has 1 rings (SSSR count). The highest BCUT2D eigenvalue weighted by Gasteiger charge is 2.15. The predicted octanol–water partition coefficient (Wildman–Crippen LogP) is 6.29. The number of hydrogen-bond acceptors (Lipinski definition) is 3. The average Bonchev–Trinajstić information content (AvgIpc) is 2.38. The van der Waals surface area contributed by atoms with Crippen molar-refractivity contribution in [1.82, 2.24) is 0 Å². The van der Waals surface area contributed by atoms with Crippen molar-refractivity contribution in [1.29, 1.82) is 0 Å². The van der Waals surface area contributed by atoms with E-state index in [-0.39, 0.29) is 0 Å². The monoisotopic (exact) mass is 304 g/mol. The third kappa shape index (κ3) is 8.06. The van der Waals surface area contributed by atoms with Gasteiger partial charge < -0.3 is 0 Å². The molecule has 1 atom stereocenters. The molecular weight excluding hydrogens is 276 g/mol. The van der Waals surface area contributed by atoms with Gasteiger partial charge in [-0.1, -0.05) is 64.6 Å². The van der Waals surface area contributed by atoms with Crippen molar-refractivity contribution in [2.75, 3.05) is 5.75 Å². The molecule has 0 aromatic rings. The molecule has 106 valence electrons. The smallest absolute Gasteiger partial charge is 0.104 e. The van der Waals surface area contributed by atoms with Gasteiger partial charge in [-0.25, -0.2) is 0 Å². The van der Waals surface area contributed by atoms with Crippen LogP contribution in [0.4, 0.5) is 0 Å². The van der Waals surface area contributed by atoms with E-state index in [2.05, 4.69) is 13.8 Å². The highest BCUT2D eigenvalue weighted by atomic mass is 32.2. The summed E-state index contributed by atoms with van der Waals surface area (Å²) in [6.07, 6.45) is 12.6. The minimum atomic E-state index is 0.711. The zero-order chi connectivity index (χ0) is 13.2. The molecule has 1 aliphatic rings. The van der Waals surface area contributed by atoms with Gasteiger partial charge in [0.2, 0.25) is 0 Å². The molecule has 0 bridgehead atoms. The summed E-state index contributed by atoms with van der Waals surface area (Å²) in [6, 6.07) is 0. The lowest BCUT2D eigenvalue weighted by atomic mass is 9.91. The second-order valence-corrected chi connectivity index (χ2v) is 9.15. The van der Waals surface area contributed by atoms with Crippen molar-refractivity contribution >= 4 is 39.3 Å². The van der Waals surface area contributed by atoms with Crippen LogP contribution in [0, 0.1) is 5.92 Å². The van der Waals surface area contributed by atoms with Crippen LogP contribution in [0.2, 0.25) is 0 Å². The first-order valence-electron chi connectivity index (χ1n) is 7.55. The maximum absolute atomic E-state index is 5.50. The average molecular weight is 305 g/mol. The van der Waals surface area contributed by atoms with Crippen LogP contribution in [0.3, 0.4) is 0 Å². The predicted molar refractivity (Wildman–Crippen MR) is 92.8 cm³/mol. The second-order valence-electron chi connectivity index (χ2n) is 5.49. The van der Waals surface area contributed by atoms with Gasteiger partial charge in [-0.3, -0.25) is 0 Å². The van der Waals surface area contributed by atoms with E-state index in [0.29, 0.717) is 5.25 Å². The van der Waals surface area contributed by atoms with Crippen LogP contribution in [0.15, 0.2) is 0 Å². The molecule has 0 saturated heterocycles. The minimum absolute atomic E-state index is 0.711. The number of hydrogen-bond donors (Lipinski definition) is 0. The fraction of sp³-hybridized carbons (Fsp3) is 0.933. The van der Waals surface area contributed by atoms with Crippen LogP contribution < -0.4 is 0 Å². The van der Waals surface area contributed by atoms with E-state index in [0.717, 1.165) is 5.92 Å². The van der Waals surface area contributed by atoms with Gasteiger partial charge in [0.15, 0.2) is 0 Å². The van der Waals surface area contributed by atoms with Crippen molar-refractivity contribution in [3.05, 3.63) is 0 Å². The number of thioether (sulfide) groups is 2.